The lowest BCUT2D eigenvalue weighted by atomic mass is 10.2. The highest BCUT2D eigenvalue weighted by molar-refractivity contribution is 7.89. The number of nitrogens with zero attached hydrogens (tertiary/aromatic N) is 2. The molecule has 0 aliphatic carbocycles. The van der Waals surface area contributed by atoms with Gasteiger partial charge >= 0.3 is 0 Å². The Morgan fingerprint density at radius 2 is 1.68 bits per heavy atom. The second kappa shape index (κ2) is 14.4. The maximum absolute atomic E-state index is 13.3. The van der Waals surface area contributed by atoms with Gasteiger partial charge in [-0.25, -0.2) is 13.8 Å². The largest absolute Gasteiger partial charge is 0.484 e. The maximum atomic E-state index is 13.3. The van der Waals surface area contributed by atoms with E-state index in [0.29, 0.717) is 17.9 Å². The van der Waals surface area contributed by atoms with Crippen molar-refractivity contribution in [3.8, 4) is 5.75 Å². The van der Waals surface area contributed by atoms with Gasteiger partial charge in [0.2, 0.25) is 10.0 Å². The van der Waals surface area contributed by atoms with Crippen molar-refractivity contribution in [2.75, 3.05) is 26.3 Å². The van der Waals surface area contributed by atoms with E-state index < -0.39 is 22.5 Å². The number of hydrazone groups is 1. The van der Waals surface area contributed by atoms with Crippen LogP contribution < -0.4 is 15.5 Å². The lowest BCUT2D eigenvalue weighted by Crippen LogP contribution is -2.39. The molecule has 2 N–H and O–H groups in total. The van der Waals surface area contributed by atoms with E-state index in [9.17, 15) is 18.0 Å². The highest BCUT2D eigenvalue weighted by Gasteiger charge is 2.26. The molecule has 1 fully saturated rings. The molecule has 0 unspecified atom stereocenters. The fourth-order valence-electron chi connectivity index (χ4n) is 4.01. The Kier molecular flexibility index (Phi) is 10.4. The van der Waals surface area contributed by atoms with Gasteiger partial charge in [0.25, 0.3) is 11.8 Å². The van der Waals surface area contributed by atoms with Crippen molar-refractivity contribution in [3.05, 3.63) is 96.1 Å². The molecule has 210 valence electrons. The van der Waals surface area contributed by atoms with Crippen LogP contribution in [0.25, 0.3) is 0 Å². The van der Waals surface area contributed by atoms with E-state index in [1.165, 1.54) is 18.3 Å². The summed E-state index contributed by atoms with van der Waals surface area (Å²) in [6.45, 7) is 0.723. The van der Waals surface area contributed by atoms with Gasteiger partial charge in [-0.3, -0.25) is 9.59 Å². The summed E-state index contributed by atoms with van der Waals surface area (Å²) in [5.74, 6) is -0.295. The predicted molar refractivity (Wildman–Crippen MR) is 150 cm³/mol. The number of ether oxygens (including phenoxy) is 2. The first-order chi connectivity index (χ1) is 19.4. The normalized spacial score (nSPS) is 15.3. The number of hydrogen-bond acceptors (Lipinski definition) is 7. The fraction of sp³-hybridized carbons (Fsp3) is 0.276. The number of amides is 2. The molecule has 1 atom stereocenters. The van der Waals surface area contributed by atoms with Gasteiger partial charge < -0.3 is 14.8 Å². The topological polar surface area (TPSA) is 126 Å². The first kappa shape index (κ1) is 28.9. The number of carbonyl (C=O) groups excluding carboxylic acids is 2. The molecule has 4 rings (SSSR count). The smallest absolute Gasteiger partial charge is 0.258 e. The second-order valence-electron chi connectivity index (χ2n) is 9.16. The monoisotopic (exact) mass is 564 g/mol. The molecule has 0 radical (unpaired) electrons. The summed E-state index contributed by atoms with van der Waals surface area (Å²) in [7, 11) is -3.92. The standard InChI is InChI=1S/C29H32N4O6S/c34-28(21-33(20-24-8-3-1-4-9-24)40(36,37)27-11-5-2-6-12-27)32-31-18-23-13-15-25(16-14-23)39-22-29(35)30-19-26-10-7-17-38-26/h1-6,8-9,11-16,18,26H,7,10,17,19-22H2,(H,30,35)(H,32,34)/b31-18+/t26-/m0/s1. The molecule has 0 spiro atoms. The molecule has 1 aliphatic rings. The number of benzene rings is 3. The third kappa shape index (κ3) is 8.73. The molecule has 11 heteroatoms. The Morgan fingerprint density at radius 3 is 2.35 bits per heavy atom. The maximum Gasteiger partial charge on any atom is 0.258 e. The Morgan fingerprint density at radius 1 is 0.975 bits per heavy atom. The zero-order chi connectivity index (χ0) is 28.2. The van der Waals surface area contributed by atoms with Gasteiger partial charge in [0, 0.05) is 19.7 Å². The molecule has 10 nitrogen and oxygen atoms in total. The molecule has 1 aliphatic heterocycles. The minimum Gasteiger partial charge on any atom is -0.484 e. The summed E-state index contributed by atoms with van der Waals surface area (Å²) >= 11 is 0. The van der Waals surface area contributed by atoms with Gasteiger partial charge in [-0.2, -0.15) is 9.41 Å². The van der Waals surface area contributed by atoms with E-state index in [1.807, 2.05) is 18.2 Å². The summed E-state index contributed by atoms with van der Waals surface area (Å²) < 4.78 is 38.6. The van der Waals surface area contributed by atoms with Crippen molar-refractivity contribution < 1.29 is 27.5 Å². The van der Waals surface area contributed by atoms with Crippen LogP contribution in [0, 0.1) is 0 Å². The number of carbonyl (C=O) groups is 2. The molecular formula is C29H32N4O6S. The first-order valence-electron chi connectivity index (χ1n) is 12.9. The van der Waals surface area contributed by atoms with Crippen molar-refractivity contribution in [3.63, 3.8) is 0 Å². The lowest BCUT2D eigenvalue weighted by molar-refractivity contribution is -0.123. The number of sulfonamides is 1. The first-order valence-corrected chi connectivity index (χ1v) is 14.4. The summed E-state index contributed by atoms with van der Waals surface area (Å²) in [5.41, 5.74) is 3.82. The average molecular weight is 565 g/mol. The Labute approximate surface area is 234 Å². The van der Waals surface area contributed by atoms with Gasteiger partial charge in [0.15, 0.2) is 6.61 Å². The van der Waals surface area contributed by atoms with Crippen LogP contribution >= 0.6 is 0 Å². The molecule has 40 heavy (non-hydrogen) atoms. The van der Waals surface area contributed by atoms with Crippen molar-refractivity contribution in [1.82, 2.24) is 15.0 Å². The quantitative estimate of drug-likeness (QED) is 0.243. The van der Waals surface area contributed by atoms with Gasteiger partial charge in [0.1, 0.15) is 5.75 Å². The molecule has 0 aromatic heterocycles. The van der Waals surface area contributed by atoms with E-state index in [-0.39, 0.29) is 30.1 Å². The third-order valence-corrected chi connectivity index (χ3v) is 7.91. The summed E-state index contributed by atoms with van der Waals surface area (Å²) in [5, 5.41) is 6.76. The van der Waals surface area contributed by atoms with Crippen LogP contribution in [0.3, 0.4) is 0 Å². The fourth-order valence-corrected chi connectivity index (χ4v) is 5.42. The highest BCUT2D eigenvalue weighted by Crippen LogP contribution is 2.18. The predicted octanol–water partition coefficient (Wildman–Crippen LogP) is 2.70. The van der Waals surface area contributed by atoms with Crippen LogP contribution in [0.4, 0.5) is 0 Å². The molecule has 1 saturated heterocycles. The minimum atomic E-state index is -3.92. The minimum absolute atomic E-state index is 0.0308. The number of nitrogens with one attached hydrogen (secondary N) is 2. The van der Waals surface area contributed by atoms with Crippen LogP contribution in [-0.2, 0) is 30.9 Å². The SMILES string of the molecule is O=C(COc1ccc(/C=N/NC(=O)CN(Cc2ccccc2)S(=O)(=O)c2ccccc2)cc1)NC[C@@H]1CCCO1. The molecular weight excluding hydrogens is 532 g/mol. The van der Waals surface area contributed by atoms with E-state index >= 15 is 0 Å². The third-order valence-electron chi connectivity index (χ3n) is 6.11. The van der Waals surface area contributed by atoms with Crippen molar-refractivity contribution in [2.24, 2.45) is 5.10 Å². The van der Waals surface area contributed by atoms with Gasteiger partial charge in [-0.05, 0) is 60.4 Å². The zero-order valence-corrected chi connectivity index (χ0v) is 22.8. The molecule has 2 amide bonds. The molecule has 0 saturated carbocycles. The molecule has 0 bridgehead atoms. The second-order valence-corrected chi connectivity index (χ2v) is 11.1. The zero-order valence-electron chi connectivity index (χ0n) is 21.9. The van der Waals surface area contributed by atoms with Gasteiger partial charge in [0.05, 0.1) is 23.8 Å². The van der Waals surface area contributed by atoms with Gasteiger partial charge in [-0.1, -0.05) is 48.5 Å². The van der Waals surface area contributed by atoms with Crippen molar-refractivity contribution >= 4 is 28.1 Å². The Balaban J connectivity index is 1.28. The number of rotatable bonds is 13. The van der Waals surface area contributed by atoms with Crippen LogP contribution in [0.1, 0.15) is 24.0 Å². The van der Waals surface area contributed by atoms with Crippen molar-refractivity contribution in [1.29, 1.82) is 0 Å². The Hall–Kier alpha value is -4.06. The summed E-state index contributed by atoms with van der Waals surface area (Å²) in [4.78, 5) is 24.7. The van der Waals surface area contributed by atoms with E-state index in [2.05, 4.69) is 15.8 Å². The highest BCUT2D eigenvalue weighted by atomic mass is 32.2. The van der Waals surface area contributed by atoms with Crippen molar-refractivity contribution in [2.45, 2.75) is 30.4 Å². The molecule has 1 heterocycles. The Bertz CT molecular complexity index is 1380. The van der Waals surface area contributed by atoms with Crippen LogP contribution in [0.15, 0.2) is 94.9 Å². The summed E-state index contributed by atoms with van der Waals surface area (Å²) in [6, 6.07) is 23.9. The van der Waals surface area contributed by atoms with Crippen LogP contribution in [-0.4, -0.2) is 63.2 Å². The van der Waals surface area contributed by atoms with E-state index in [1.54, 1.807) is 54.6 Å². The van der Waals surface area contributed by atoms with E-state index in [0.717, 1.165) is 29.3 Å². The number of hydrogen-bond donors (Lipinski definition) is 2. The van der Waals surface area contributed by atoms with E-state index in [4.69, 9.17) is 9.47 Å². The molecule has 3 aromatic carbocycles. The van der Waals surface area contributed by atoms with Gasteiger partial charge in [-0.15, -0.1) is 0 Å². The summed E-state index contributed by atoms with van der Waals surface area (Å²) in [6.07, 6.45) is 3.47. The van der Waals surface area contributed by atoms with Crippen LogP contribution in [0.2, 0.25) is 0 Å². The lowest BCUT2D eigenvalue weighted by Gasteiger charge is -2.21. The average Bonchev–Trinajstić information content (AvgIpc) is 3.50. The molecule has 3 aromatic rings. The van der Waals surface area contributed by atoms with Crippen LogP contribution in [0.5, 0.6) is 5.75 Å².